The highest BCUT2D eigenvalue weighted by Gasteiger charge is 2.46. The number of aliphatic hydroxyl groups is 1. The van der Waals surface area contributed by atoms with Gasteiger partial charge in [-0.05, 0) is 19.8 Å². The van der Waals surface area contributed by atoms with Gasteiger partial charge in [0, 0.05) is 17.3 Å². The van der Waals surface area contributed by atoms with E-state index >= 15 is 0 Å². The number of nitrogens with one attached hydrogen (secondary N) is 1. The lowest BCUT2D eigenvalue weighted by Crippen LogP contribution is -2.40. The van der Waals surface area contributed by atoms with Crippen LogP contribution in [0.15, 0.2) is 5.03 Å². The smallest absolute Gasteiger partial charge is 0.392 e. The maximum atomic E-state index is 12.5. The Balaban J connectivity index is 2.40. The number of aromatic nitrogens is 2. The van der Waals surface area contributed by atoms with Crippen molar-refractivity contribution in [1.29, 1.82) is 0 Å². The number of aromatic amines is 1. The van der Waals surface area contributed by atoms with Crippen LogP contribution in [0.25, 0.3) is 0 Å². The highest BCUT2D eigenvalue weighted by Crippen LogP contribution is 2.35. The second-order valence-corrected chi connectivity index (χ2v) is 6.49. The largest absolute Gasteiger partial charge is 0.402 e. The number of aliphatic hydroxyl groups excluding tert-OH is 1. The fourth-order valence-electron chi connectivity index (χ4n) is 1.89. The summed E-state index contributed by atoms with van der Waals surface area (Å²) in [6.45, 7) is -0.666. The first kappa shape index (κ1) is 15.3. The molecule has 0 amide bonds. The van der Waals surface area contributed by atoms with Crippen molar-refractivity contribution in [1.82, 2.24) is 14.5 Å². The van der Waals surface area contributed by atoms with Gasteiger partial charge in [-0.2, -0.15) is 22.6 Å². The molecule has 0 aliphatic heterocycles. The summed E-state index contributed by atoms with van der Waals surface area (Å²) >= 11 is 0. The standard InChI is InChI=1S/C10H14F3N3O3S/c1-6-8(4-17)9(15-14-6)20(18,19)16(7-2-3-7)5-10(11,12)13/h7,17H,2-5H2,1H3,(H,14,15). The van der Waals surface area contributed by atoms with E-state index in [1.165, 1.54) is 6.92 Å². The number of sulfonamides is 1. The lowest BCUT2D eigenvalue weighted by molar-refractivity contribution is -0.137. The molecule has 0 spiro atoms. The first-order valence-corrected chi connectivity index (χ1v) is 7.34. The van der Waals surface area contributed by atoms with Crippen LogP contribution in [0.1, 0.15) is 24.1 Å². The van der Waals surface area contributed by atoms with Crippen LogP contribution in [-0.2, 0) is 16.6 Å². The Bertz CT molecular complexity index is 593. The number of aryl methyl sites for hydroxylation is 1. The number of hydrogen-bond donors (Lipinski definition) is 2. The Kier molecular flexibility index (Phi) is 3.82. The minimum absolute atomic E-state index is 0.00201. The van der Waals surface area contributed by atoms with E-state index in [0.29, 0.717) is 22.8 Å². The van der Waals surface area contributed by atoms with Gasteiger partial charge in [0.1, 0.15) is 6.54 Å². The summed E-state index contributed by atoms with van der Waals surface area (Å²) in [4.78, 5) is 0. The highest BCUT2D eigenvalue weighted by molar-refractivity contribution is 7.89. The molecule has 1 heterocycles. The molecule has 6 nitrogen and oxygen atoms in total. The first-order chi connectivity index (χ1) is 9.16. The predicted molar refractivity (Wildman–Crippen MR) is 62.2 cm³/mol. The second kappa shape index (κ2) is 5.01. The zero-order chi connectivity index (χ0) is 15.1. The minimum atomic E-state index is -4.62. The Morgan fingerprint density at radius 3 is 2.50 bits per heavy atom. The van der Waals surface area contributed by atoms with Crippen LogP contribution in [0.3, 0.4) is 0 Å². The average Bonchev–Trinajstić information content (AvgIpc) is 3.07. The van der Waals surface area contributed by atoms with Gasteiger partial charge >= 0.3 is 6.18 Å². The molecule has 114 valence electrons. The zero-order valence-corrected chi connectivity index (χ0v) is 11.4. The van der Waals surface area contributed by atoms with Crippen LogP contribution in [0.4, 0.5) is 13.2 Å². The Hall–Kier alpha value is -1.13. The molecule has 2 N–H and O–H groups in total. The van der Waals surface area contributed by atoms with E-state index in [0.717, 1.165) is 0 Å². The molecule has 10 heteroatoms. The summed E-state index contributed by atoms with van der Waals surface area (Å²) in [6, 6.07) is -0.648. The van der Waals surface area contributed by atoms with Gasteiger partial charge in [-0.1, -0.05) is 0 Å². The Morgan fingerprint density at radius 2 is 2.05 bits per heavy atom. The number of alkyl halides is 3. The van der Waals surface area contributed by atoms with Crippen LogP contribution in [0, 0.1) is 6.92 Å². The molecule has 1 aromatic heterocycles. The molecule has 1 fully saturated rings. The fourth-order valence-corrected chi connectivity index (χ4v) is 3.72. The maximum absolute atomic E-state index is 12.5. The van der Waals surface area contributed by atoms with Crippen LogP contribution in [-0.4, -0.2) is 46.8 Å². The van der Waals surface area contributed by atoms with E-state index in [4.69, 9.17) is 5.11 Å². The SMILES string of the molecule is Cc1[nH]nc(S(=O)(=O)N(CC(F)(F)F)C2CC2)c1CO. The number of nitrogens with zero attached hydrogens (tertiary/aromatic N) is 2. The molecule has 0 radical (unpaired) electrons. The van der Waals surface area contributed by atoms with Crippen LogP contribution < -0.4 is 0 Å². The summed E-state index contributed by atoms with van der Waals surface area (Å²) in [5, 5.41) is 14.5. The van der Waals surface area contributed by atoms with E-state index in [9.17, 15) is 21.6 Å². The predicted octanol–water partition coefficient (Wildman–Crippen LogP) is 0.926. The van der Waals surface area contributed by atoms with Crippen molar-refractivity contribution in [3.05, 3.63) is 11.3 Å². The van der Waals surface area contributed by atoms with Gasteiger partial charge in [0.15, 0.2) is 5.03 Å². The third-order valence-electron chi connectivity index (χ3n) is 3.04. The van der Waals surface area contributed by atoms with Crippen molar-refractivity contribution in [2.75, 3.05) is 6.54 Å². The molecule has 0 atom stereocenters. The maximum Gasteiger partial charge on any atom is 0.402 e. The average molecular weight is 313 g/mol. The molecule has 20 heavy (non-hydrogen) atoms. The van der Waals surface area contributed by atoms with Crippen molar-refractivity contribution < 1.29 is 26.7 Å². The van der Waals surface area contributed by atoms with Crippen molar-refractivity contribution in [3.8, 4) is 0 Å². The van der Waals surface area contributed by atoms with E-state index in [2.05, 4.69) is 10.2 Å². The third kappa shape index (κ3) is 2.96. The van der Waals surface area contributed by atoms with Crippen LogP contribution in [0.5, 0.6) is 0 Å². The van der Waals surface area contributed by atoms with Crippen molar-refractivity contribution in [2.24, 2.45) is 0 Å². The normalized spacial score (nSPS) is 16.9. The molecule has 1 saturated carbocycles. The Labute approximate surface area is 113 Å². The summed E-state index contributed by atoms with van der Waals surface area (Å²) < 4.78 is 62.7. The minimum Gasteiger partial charge on any atom is -0.392 e. The van der Waals surface area contributed by atoms with Gasteiger partial charge in [-0.3, -0.25) is 5.10 Å². The quantitative estimate of drug-likeness (QED) is 0.846. The number of halogens is 3. The third-order valence-corrected chi connectivity index (χ3v) is 4.91. The summed E-state index contributed by atoms with van der Waals surface area (Å²) in [5.41, 5.74) is 0.312. The van der Waals surface area contributed by atoms with Gasteiger partial charge in [-0.15, -0.1) is 0 Å². The monoisotopic (exact) mass is 313 g/mol. The highest BCUT2D eigenvalue weighted by atomic mass is 32.2. The van der Waals surface area contributed by atoms with Crippen molar-refractivity contribution in [3.63, 3.8) is 0 Å². The number of H-pyrrole nitrogens is 1. The number of rotatable bonds is 5. The molecule has 2 rings (SSSR count). The topological polar surface area (TPSA) is 86.3 Å². The molecule has 0 bridgehead atoms. The zero-order valence-electron chi connectivity index (χ0n) is 10.6. The van der Waals surface area contributed by atoms with Crippen LogP contribution in [0.2, 0.25) is 0 Å². The molecular formula is C10H14F3N3O3S. The van der Waals surface area contributed by atoms with Crippen LogP contribution >= 0.6 is 0 Å². The van der Waals surface area contributed by atoms with Gasteiger partial charge in [0.25, 0.3) is 10.0 Å². The van der Waals surface area contributed by atoms with E-state index in [1.54, 1.807) is 0 Å². The van der Waals surface area contributed by atoms with E-state index in [1.807, 2.05) is 0 Å². The molecule has 1 aromatic rings. The molecule has 0 aromatic carbocycles. The van der Waals surface area contributed by atoms with Crippen molar-refractivity contribution in [2.45, 2.75) is 43.6 Å². The molecule has 1 aliphatic carbocycles. The lowest BCUT2D eigenvalue weighted by Gasteiger charge is -2.22. The summed E-state index contributed by atoms with van der Waals surface area (Å²) in [7, 11) is -4.38. The fraction of sp³-hybridized carbons (Fsp3) is 0.700. The summed E-state index contributed by atoms with van der Waals surface area (Å²) in [5.74, 6) is 0. The van der Waals surface area contributed by atoms with E-state index < -0.39 is 40.4 Å². The molecule has 1 aliphatic rings. The lowest BCUT2D eigenvalue weighted by atomic mass is 10.3. The number of hydrogen-bond acceptors (Lipinski definition) is 4. The van der Waals surface area contributed by atoms with Gasteiger partial charge in [0.05, 0.1) is 6.61 Å². The molecule has 0 unspecified atom stereocenters. The first-order valence-electron chi connectivity index (χ1n) is 5.90. The molecule has 0 saturated heterocycles. The van der Waals surface area contributed by atoms with Gasteiger partial charge in [0.2, 0.25) is 0 Å². The summed E-state index contributed by atoms with van der Waals surface area (Å²) in [6.07, 6.45) is -3.83. The van der Waals surface area contributed by atoms with Gasteiger partial charge in [-0.25, -0.2) is 8.42 Å². The Morgan fingerprint density at radius 1 is 1.45 bits per heavy atom. The van der Waals surface area contributed by atoms with Gasteiger partial charge < -0.3 is 5.11 Å². The second-order valence-electron chi connectivity index (χ2n) is 4.69. The molecular weight excluding hydrogens is 299 g/mol. The van der Waals surface area contributed by atoms with Crippen molar-refractivity contribution >= 4 is 10.0 Å². The van der Waals surface area contributed by atoms with E-state index in [-0.39, 0.29) is 5.56 Å².